The number of hydrogen-bond acceptors (Lipinski definition) is 3. The Kier molecular flexibility index (Phi) is 2.61. The van der Waals surface area contributed by atoms with Gasteiger partial charge in [0.2, 0.25) is 0 Å². The van der Waals surface area contributed by atoms with E-state index in [4.69, 9.17) is 15.3 Å². The van der Waals surface area contributed by atoms with Crippen LogP contribution in [0.2, 0.25) is 0 Å². The van der Waals surface area contributed by atoms with Crippen LogP contribution in [-0.2, 0) is 4.79 Å². The van der Waals surface area contributed by atoms with Crippen molar-refractivity contribution in [3.63, 3.8) is 0 Å². The van der Waals surface area contributed by atoms with E-state index in [0.717, 1.165) is 0 Å². The minimum Gasteiger partial charge on any atom is -0.480 e. The monoisotopic (exact) mass is 207 g/mol. The lowest BCUT2D eigenvalue weighted by Crippen LogP contribution is -2.40. The molecule has 0 saturated carbocycles. The Bertz CT molecular complexity index is 247. The van der Waals surface area contributed by atoms with E-state index < -0.39 is 43.3 Å². The molecule has 6 nitrogen and oxygen atoms in total. The molecule has 1 aliphatic rings. The summed E-state index contributed by atoms with van der Waals surface area (Å²) < 4.78 is 13.4. The third kappa shape index (κ3) is 1.77. The van der Waals surface area contributed by atoms with Gasteiger partial charge in [-0.15, -0.1) is 0 Å². The predicted octanol–water partition coefficient (Wildman–Crippen LogP) is -0.476. The van der Waals surface area contributed by atoms with E-state index in [1.54, 1.807) is 0 Å². The van der Waals surface area contributed by atoms with E-state index in [9.17, 15) is 14.0 Å². The van der Waals surface area contributed by atoms with Crippen LogP contribution in [0, 0.1) is 0 Å². The zero-order valence-electron chi connectivity index (χ0n) is 7.18. The molecule has 0 radical (unpaired) electrons. The highest BCUT2D eigenvalue weighted by molar-refractivity contribution is 5.80. The van der Waals surface area contributed by atoms with Gasteiger partial charge in [0.1, 0.15) is 6.04 Å². The maximum Gasteiger partial charge on any atom is 0.408 e. The molecule has 3 N–H and O–H groups in total. The Morgan fingerprint density at radius 2 is 2.07 bits per heavy atom. The molecule has 0 spiro atoms. The van der Waals surface area contributed by atoms with Crippen LogP contribution in [0.25, 0.3) is 0 Å². The SMILES string of the molecule is O=C(O)[C@@H]1CC(F)(CO)CN1C(=O)O. The summed E-state index contributed by atoms with van der Waals surface area (Å²) in [5.74, 6) is -1.40. The molecule has 0 aromatic carbocycles. The normalized spacial score (nSPS) is 31.9. The number of carbonyl (C=O) groups is 2. The van der Waals surface area contributed by atoms with Gasteiger partial charge in [-0.25, -0.2) is 14.0 Å². The van der Waals surface area contributed by atoms with E-state index in [-0.39, 0.29) is 0 Å². The molecule has 2 atom stereocenters. The van der Waals surface area contributed by atoms with Crippen molar-refractivity contribution >= 4 is 12.1 Å². The summed E-state index contributed by atoms with van der Waals surface area (Å²) in [6.45, 7) is -1.48. The summed E-state index contributed by atoms with van der Waals surface area (Å²) in [6.07, 6.45) is -2.00. The first kappa shape index (κ1) is 10.7. The minimum atomic E-state index is -2.14. The smallest absolute Gasteiger partial charge is 0.408 e. The standard InChI is InChI=1S/C7H10FNO5/c8-7(3-10)1-4(5(11)12)9(2-7)6(13)14/h4,10H,1-3H2,(H,11,12)(H,13,14)/t4-,7?/m0/s1. The highest BCUT2D eigenvalue weighted by Crippen LogP contribution is 2.30. The molecule has 1 saturated heterocycles. The van der Waals surface area contributed by atoms with Crippen molar-refractivity contribution in [1.82, 2.24) is 4.90 Å². The van der Waals surface area contributed by atoms with Crippen LogP contribution < -0.4 is 0 Å². The second kappa shape index (κ2) is 3.41. The Morgan fingerprint density at radius 3 is 2.36 bits per heavy atom. The average Bonchev–Trinajstić information content (AvgIpc) is 2.45. The number of likely N-dealkylation sites (tertiary alicyclic amines) is 1. The molecule has 7 heteroatoms. The number of aliphatic hydroxyl groups is 1. The van der Waals surface area contributed by atoms with Gasteiger partial charge in [-0.2, -0.15) is 0 Å². The molecule has 0 aromatic rings. The number of carboxylic acid groups (broad SMARTS) is 2. The van der Waals surface area contributed by atoms with Crippen molar-refractivity contribution in [1.29, 1.82) is 0 Å². The Labute approximate surface area is 78.6 Å². The molecule has 1 unspecified atom stereocenters. The van der Waals surface area contributed by atoms with Crippen LogP contribution in [-0.4, -0.2) is 57.1 Å². The fraction of sp³-hybridized carbons (Fsp3) is 0.714. The third-order valence-corrected chi connectivity index (χ3v) is 2.20. The highest BCUT2D eigenvalue weighted by atomic mass is 19.1. The lowest BCUT2D eigenvalue weighted by Gasteiger charge is -2.17. The molecule has 1 aliphatic heterocycles. The number of aliphatic carboxylic acids is 1. The number of carboxylic acids is 1. The van der Waals surface area contributed by atoms with Gasteiger partial charge in [0.25, 0.3) is 0 Å². The molecule has 1 heterocycles. The van der Waals surface area contributed by atoms with Gasteiger partial charge in [-0.3, -0.25) is 4.90 Å². The number of hydrogen-bond donors (Lipinski definition) is 3. The zero-order chi connectivity index (χ0) is 10.9. The number of halogens is 1. The number of amides is 1. The molecule has 1 amide bonds. The van der Waals surface area contributed by atoms with E-state index >= 15 is 0 Å². The molecule has 80 valence electrons. The number of nitrogens with zero attached hydrogens (tertiary/aromatic N) is 1. The number of alkyl halides is 1. The summed E-state index contributed by atoms with van der Waals surface area (Å²) in [4.78, 5) is 21.6. The summed E-state index contributed by atoms with van der Waals surface area (Å²) in [5, 5.41) is 25.8. The molecular weight excluding hydrogens is 197 g/mol. The molecular formula is C7H10FNO5. The van der Waals surface area contributed by atoms with Gasteiger partial charge in [-0.1, -0.05) is 0 Å². The van der Waals surface area contributed by atoms with Crippen molar-refractivity contribution in [2.24, 2.45) is 0 Å². The molecule has 14 heavy (non-hydrogen) atoms. The van der Waals surface area contributed by atoms with Crippen molar-refractivity contribution in [3.05, 3.63) is 0 Å². The quantitative estimate of drug-likeness (QED) is 0.568. The lowest BCUT2D eigenvalue weighted by atomic mass is 10.0. The molecule has 1 fully saturated rings. The number of aliphatic hydroxyl groups excluding tert-OH is 1. The van der Waals surface area contributed by atoms with Gasteiger partial charge in [-0.05, 0) is 0 Å². The lowest BCUT2D eigenvalue weighted by molar-refractivity contribution is -0.141. The molecule has 0 aromatic heterocycles. The molecule has 1 rings (SSSR count). The van der Waals surface area contributed by atoms with Gasteiger partial charge in [0.15, 0.2) is 5.67 Å². The maximum absolute atomic E-state index is 13.4. The van der Waals surface area contributed by atoms with Crippen LogP contribution in [0.4, 0.5) is 9.18 Å². The second-order valence-electron chi connectivity index (χ2n) is 3.28. The van der Waals surface area contributed by atoms with Crippen LogP contribution in [0.15, 0.2) is 0 Å². The van der Waals surface area contributed by atoms with E-state index in [1.807, 2.05) is 0 Å². The van der Waals surface area contributed by atoms with Crippen LogP contribution in [0.1, 0.15) is 6.42 Å². The average molecular weight is 207 g/mol. The van der Waals surface area contributed by atoms with Crippen LogP contribution >= 0.6 is 0 Å². The van der Waals surface area contributed by atoms with Crippen LogP contribution in [0.5, 0.6) is 0 Å². The highest BCUT2D eigenvalue weighted by Gasteiger charge is 2.49. The van der Waals surface area contributed by atoms with Gasteiger partial charge in [0, 0.05) is 6.42 Å². The van der Waals surface area contributed by atoms with E-state index in [1.165, 1.54) is 0 Å². The third-order valence-electron chi connectivity index (χ3n) is 2.20. The van der Waals surface area contributed by atoms with Gasteiger partial charge in [0.05, 0.1) is 13.2 Å². The summed E-state index contributed by atoms with van der Waals surface area (Å²) >= 11 is 0. The van der Waals surface area contributed by atoms with E-state index in [2.05, 4.69) is 0 Å². The summed E-state index contributed by atoms with van der Waals surface area (Å²) in [6, 6.07) is -1.41. The van der Waals surface area contributed by atoms with Gasteiger partial charge >= 0.3 is 12.1 Å². The predicted molar refractivity (Wildman–Crippen MR) is 41.7 cm³/mol. The Morgan fingerprint density at radius 1 is 1.50 bits per heavy atom. The Hall–Kier alpha value is -1.37. The van der Waals surface area contributed by atoms with Crippen molar-refractivity contribution in [2.75, 3.05) is 13.2 Å². The van der Waals surface area contributed by atoms with Crippen molar-refractivity contribution in [3.8, 4) is 0 Å². The first-order valence-corrected chi connectivity index (χ1v) is 3.92. The second-order valence-corrected chi connectivity index (χ2v) is 3.28. The Balaban J connectivity index is 2.85. The van der Waals surface area contributed by atoms with Gasteiger partial charge < -0.3 is 15.3 Å². The van der Waals surface area contributed by atoms with E-state index in [0.29, 0.717) is 4.90 Å². The fourth-order valence-electron chi connectivity index (χ4n) is 1.47. The number of rotatable bonds is 2. The largest absolute Gasteiger partial charge is 0.480 e. The zero-order valence-corrected chi connectivity index (χ0v) is 7.18. The summed E-state index contributed by atoms with van der Waals surface area (Å²) in [5.41, 5.74) is -2.14. The van der Waals surface area contributed by atoms with Crippen molar-refractivity contribution in [2.45, 2.75) is 18.1 Å². The summed E-state index contributed by atoms with van der Waals surface area (Å²) in [7, 11) is 0. The van der Waals surface area contributed by atoms with Crippen molar-refractivity contribution < 1.29 is 29.3 Å². The molecule has 0 aliphatic carbocycles. The first-order chi connectivity index (χ1) is 6.39. The topological polar surface area (TPSA) is 98.1 Å². The minimum absolute atomic E-state index is 0.485. The maximum atomic E-state index is 13.4. The van der Waals surface area contributed by atoms with Crippen LogP contribution in [0.3, 0.4) is 0 Å². The fourth-order valence-corrected chi connectivity index (χ4v) is 1.47. The first-order valence-electron chi connectivity index (χ1n) is 3.92. The molecule has 0 bridgehead atoms.